The summed E-state index contributed by atoms with van der Waals surface area (Å²) >= 11 is 0. The highest BCUT2D eigenvalue weighted by Crippen LogP contribution is 2.24. The van der Waals surface area contributed by atoms with Gasteiger partial charge < -0.3 is 10.1 Å². The molecule has 1 fully saturated rings. The second-order valence-electron chi connectivity index (χ2n) is 6.50. The Labute approximate surface area is 129 Å². The molecule has 2 rings (SSSR count). The van der Waals surface area contributed by atoms with Crippen molar-refractivity contribution in [3.63, 3.8) is 0 Å². The summed E-state index contributed by atoms with van der Waals surface area (Å²) in [6.45, 7) is 9.80. The first-order valence-electron chi connectivity index (χ1n) is 8.23. The lowest BCUT2D eigenvalue weighted by atomic mass is 10.0. The number of hydrogen-bond donors (Lipinski definition) is 1. The lowest BCUT2D eigenvalue weighted by molar-refractivity contribution is 0.152. The lowest BCUT2D eigenvalue weighted by Crippen LogP contribution is -2.36. The van der Waals surface area contributed by atoms with Gasteiger partial charge in [-0.1, -0.05) is 32.4 Å². The van der Waals surface area contributed by atoms with E-state index in [-0.39, 0.29) is 0 Å². The van der Waals surface area contributed by atoms with Crippen LogP contribution in [0.15, 0.2) is 18.2 Å². The van der Waals surface area contributed by atoms with Crippen LogP contribution in [0.5, 0.6) is 5.75 Å². The van der Waals surface area contributed by atoms with Crippen molar-refractivity contribution in [1.82, 2.24) is 10.2 Å². The highest BCUT2D eigenvalue weighted by Gasteiger charge is 2.18. The van der Waals surface area contributed by atoms with Gasteiger partial charge in [0.15, 0.2) is 0 Å². The summed E-state index contributed by atoms with van der Waals surface area (Å²) in [7, 11) is 1.77. The normalized spacial score (nSPS) is 20.0. The molecule has 0 bridgehead atoms. The fourth-order valence-corrected chi connectivity index (χ4v) is 2.97. The van der Waals surface area contributed by atoms with E-state index in [1.807, 2.05) is 0 Å². The van der Waals surface area contributed by atoms with Crippen LogP contribution in [-0.4, -0.2) is 30.6 Å². The van der Waals surface area contributed by atoms with Gasteiger partial charge in [0, 0.05) is 30.7 Å². The van der Waals surface area contributed by atoms with Crippen LogP contribution in [0.4, 0.5) is 0 Å². The molecule has 3 heteroatoms. The van der Waals surface area contributed by atoms with Crippen molar-refractivity contribution in [2.45, 2.75) is 65.2 Å². The number of rotatable bonds is 6. The van der Waals surface area contributed by atoms with E-state index in [1.165, 1.54) is 36.9 Å². The third kappa shape index (κ3) is 4.72. The van der Waals surface area contributed by atoms with Crippen LogP contribution < -0.4 is 10.1 Å². The predicted octanol–water partition coefficient (Wildman–Crippen LogP) is 3.57. The summed E-state index contributed by atoms with van der Waals surface area (Å²) in [5.74, 6) is 1.00. The van der Waals surface area contributed by atoms with Crippen molar-refractivity contribution < 1.29 is 4.74 Å². The van der Waals surface area contributed by atoms with Crippen LogP contribution in [0.2, 0.25) is 0 Å². The van der Waals surface area contributed by atoms with Gasteiger partial charge in [-0.25, -0.2) is 0 Å². The van der Waals surface area contributed by atoms with Gasteiger partial charge in [0.05, 0.1) is 7.11 Å². The topological polar surface area (TPSA) is 24.5 Å². The first-order chi connectivity index (χ1) is 10.1. The monoisotopic (exact) mass is 290 g/mol. The van der Waals surface area contributed by atoms with E-state index in [0.717, 1.165) is 18.8 Å². The predicted molar refractivity (Wildman–Crippen MR) is 88.7 cm³/mol. The zero-order valence-corrected chi connectivity index (χ0v) is 14.0. The van der Waals surface area contributed by atoms with Gasteiger partial charge in [-0.3, -0.25) is 4.90 Å². The summed E-state index contributed by atoms with van der Waals surface area (Å²) in [6.07, 6.45) is 4.03. The molecular weight excluding hydrogens is 260 g/mol. The molecule has 1 heterocycles. The first-order valence-corrected chi connectivity index (χ1v) is 8.23. The van der Waals surface area contributed by atoms with E-state index >= 15 is 0 Å². The van der Waals surface area contributed by atoms with Crippen LogP contribution in [0.1, 0.15) is 51.2 Å². The maximum Gasteiger partial charge on any atom is 0.123 e. The van der Waals surface area contributed by atoms with Crippen LogP contribution in [0, 0.1) is 0 Å². The number of likely N-dealkylation sites (tertiary alicyclic amines) is 1. The molecule has 0 aromatic heterocycles. The average molecular weight is 290 g/mol. The SMILES string of the molecule is COc1cc(CN2CCCCC2C)ccc1CNC(C)C. The molecule has 1 aromatic rings. The number of ether oxygens (including phenoxy) is 1. The fourth-order valence-electron chi connectivity index (χ4n) is 2.97. The molecule has 0 aliphatic carbocycles. The number of nitrogens with zero attached hydrogens (tertiary/aromatic N) is 1. The minimum Gasteiger partial charge on any atom is -0.496 e. The number of methoxy groups -OCH3 is 1. The lowest BCUT2D eigenvalue weighted by Gasteiger charge is -2.33. The molecule has 1 unspecified atom stereocenters. The quantitative estimate of drug-likeness (QED) is 0.867. The number of hydrogen-bond acceptors (Lipinski definition) is 3. The van der Waals surface area contributed by atoms with E-state index in [1.54, 1.807) is 7.11 Å². The van der Waals surface area contributed by atoms with E-state index in [9.17, 15) is 0 Å². The summed E-state index contributed by atoms with van der Waals surface area (Å²) in [5, 5.41) is 3.45. The number of nitrogens with one attached hydrogen (secondary N) is 1. The van der Waals surface area contributed by atoms with Gasteiger partial charge in [0.25, 0.3) is 0 Å². The van der Waals surface area contributed by atoms with Gasteiger partial charge in [0.1, 0.15) is 5.75 Å². The largest absolute Gasteiger partial charge is 0.496 e. The molecule has 1 saturated heterocycles. The summed E-state index contributed by atoms with van der Waals surface area (Å²) in [5.41, 5.74) is 2.59. The third-order valence-electron chi connectivity index (χ3n) is 4.38. The maximum atomic E-state index is 5.58. The molecule has 1 aliphatic heterocycles. The zero-order valence-electron chi connectivity index (χ0n) is 14.0. The Bertz CT molecular complexity index is 445. The average Bonchev–Trinajstić information content (AvgIpc) is 2.48. The van der Waals surface area contributed by atoms with E-state index in [0.29, 0.717) is 12.1 Å². The van der Waals surface area contributed by atoms with Crippen molar-refractivity contribution in [3.05, 3.63) is 29.3 Å². The van der Waals surface area contributed by atoms with Crippen molar-refractivity contribution in [1.29, 1.82) is 0 Å². The Hall–Kier alpha value is -1.06. The van der Waals surface area contributed by atoms with Crippen LogP contribution in [0.3, 0.4) is 0 Å². The van der Waals surface area contributed by atoms with Gasteiger partial charge in [-0.15, -0.1) is 0 Å². The van der Waals surface area contributed by atoms with Crippen molar-refractivity contribution >= 4 is 0 Å². The molecule has 0 spiro atoms. The molecule has 0 radical (unpaired) electrons. The molecule has 1 aromatic carbocycles. The fraction of sp³-hybridized carbons (Fsp3) is 0.667. The minimum absolute atomic E-state index is 0.489. The molecule has 118 valence electrons. The molecule has 0 amide bonds. The Kier molecular flexibility index (Phi) is 6.07. The molecule has 0 saturated carbocycles. The van der Waals surface area contributed by atoms with E-state index < -0.39 is 0 Å². The highest BCUT2D eigenvalue weighted by atomic mass is 16.5. The first kappa shape index (κ1) is 16.3. The maximum absolute atomic E-state index is 5.58. The second kappa shape index (κ2) is 7.81. The van der Waals surface area contributed by atoms with Gasteiger partial charge in [-0.05, 0) is 37.9 Å². The zero-order chi connectivity index (χ0) is 15.2. The molecule has 1 N–H and O–H groups in total. The Morgan fingerprint density at radius 1 is 1.33 bits per heavy atom. The number of piperidine rings is 1. The van der Waals surface area contributed by atoms with Crippen molar-refractivity contribution in [2.75, 3.05) is 13.7 Å². The van der Waals surface area contributed by atoms with Crippen molar-refractivity contribution in [2.24, 2.45) is 0 Å². The Morgan fingerprint density at radius 2 is 2.14 bits per heavy atom. The minimum atomic E-state index is 0.489. The molecule has 1 atom stereocenters. The van der Waals surface area contributed by atoms with Crippen LogP contribution in [0.25, 0.3) is 0 Å². The van der Waals surface area contributed by atoms with E-state index in [2.05, 4.69) is 49.2 Å². The molecule has 1 aliphatic rings. The standard InChI is InChI=1S/C18H30N2O/c1-14(2)19-12-17-9-8-16(11-18(17)21-4)13-20-10-6-5-7-15(20)3/h8-9,11,14-15,19H,5-7,10,12-13H2,1-4H3. The summed E-state index contributed by atoms with van der Waals surface area (Å²) < 4.78 is 5.58. The third-order valence-corrected chi connectivity index (χ3v) is 4.38. The van der Waals surface area contributed by atoms with Gasteiger partial charge >= 0.3 is 0 Å². The Balaban J connectivity index is 2.03. The van der Waals surface area contributed by atoms with Crippen molar-refractivity contribution in [3.8, 4) is 5.75 Å². The van der Waals surface area contributed by atoms with Crippen LogP contribution in [-0.2, 0) is 13.1 Å². The van der Waals surface area contributed by atoms with E-state index in [4.69, 9.17) is 4.74 Å². The molecule has 3 nitrogen and oxygen atoms in total. The van der Waals surface area contributed by atoms with Gasteiger partial charge in [-0.2, -0.15) is 0 Å². The molecule has 21 heavy (non-hydrogen) atoms. The molecular formula is C18H30N2O. The number of benzene rings is 1. The summed E-state index contributed by atoms with van der Waals surface area (Å²) in [6, 6.07) is 7.86. The van der Waals surface area contributed by atoms with Gasteiger partial charge in [0.2, 0.25) is 0 Å². The Morgan fingerprint density at radius 3 is 2.81 bits per heavy atom. The smallest absolute Gasteiger partial charge is 0.123 e. The summed E-state index contributed by atoms with van der Waals surface area (Å²) in [4.78, 5) is 2.59. The second-order valence-corrected chi connectivity index (χ2v) is 6.50. The highest BCUT2D eigenvalue weighted by molar-refractivity contribution is 5.37. The van der Waals surface area contributed by atoms with Crippen LogP contribution >= 0.6 is 0 Å².